The van der Waals surface area contributed by atoms with Crippen LogP contribution in [0.15, 0.2) is 33.4 Å². The van der Waals surface area contributed by atoms with Crippen molar-refractivity contribution >= 4 is 12.2 Å². The molecule has 3 aromatic heterocycles. The molecule has 0 N–H and O–H groups in total. The maximum atomic E-state index is 5.60. The number of ether oxygens (including phenoxy) is 1. The molecule has 1 fully saturated rings. The van der Waals surface area contributed by atoms with Gasteiger partial charge >= 0.3 is 0 Å². The Bertz CT molecular complexity index is 879. The minimum atomic E-state index is 0.196. The molecule has 0 aliphatic carbocycles. The first kappa shape index (κ1) is 16.7. The van der Waals surface area contributed by atoms with E-state index in [2.05, 4.69) is 20.3 Å². The van der Waals surface area contributed by atoms with Gasteiger partial charge in [0.1, 0.15) is 17.0 Å². The number of aryl methyl sites for hydroxylation is 1. The third kappa shape index (κ3) is 3.43. The fourth-order valence-electron chi connectivity index (χ4n) is 3.08. The topological polar surface area (TPSA) is 87.1 Å². The Hall–Kier alpha value is -2.80. The number of aromatic nitrogens is 4. The van der Waals surface area contributed by atoms with E-state index in [1.54, 1.807) is 12.3 Å². The van der Waals surface area contributed by atoms with Gasteiger partial charge in [-0.1, -0.05) is 23.3 Å². The lowest BCUT2D eigenvalue weighted by molar-refractivity contribution is 0.0784. The second-order valence-electron chi connectivity index (χ2n) is 6.18. The van der Waals surface area contributed by atoms with Crippen molar-refractivity contribution in [1.29, 1.82) is 0 Å². The van der Waals surface area contributed by atoms with Crippen LogP contribution >= 0.6 is 0 Å². The third-order valence-corrected chi connectivity index (χ3v) is 4.40. The molecule has 0 saturated carbocycles. The zero-order chi connectivity index (χ0) is 17.8. The van der Waals surface area contributed by atoms with Gasteiger partial charge in [0.2, 0.25) is 0 Å². The zero-order valence-electron chi connectivity index (χ0n) is 14.6. The average Bonchev–Trinajstić information content (AvgIpc) is 3.34. The molecular weight excluding hydrogens is 332 g/mol. The molecule has 7 nitrogen and oxygen atoms in total. The van der Waals surface area contributed by atoms with Gasteiger partial charge in [-0.05, 0) is 37.1 Å². The second kappa shape index (κ2) is 7.61. The first-order chi connectivity index (χ1) is 12.8. The summed E-state index contributed by atoms with van der Waals surface area (Å²) in [5.74, 6) is 1.88. The molecule has 0 amide bonds. The highest BCUT2D eigenvalue weighted by Crippen LogP contribution is 2.35. The highest BCUT2D eigenvalue weighted by molar-refractivity contribution is 5.66. The lowest BCUT2D eigenvalue weighted by Crippen LogP contribution is -2.16. The second-order valence-corrected chi connectivity index (χ2v) is 6.18. The molecular formula is C19H20N4O3. The quantitative estimate of drug-likeness (QED) is 0.691. The Morgan fingerprint density at radius 1 is 1.19 bits per heavy atom. The average molecular weight is 352 g/mol. The number of hydrogen-bond donors (Lipinski definition) is 0. The minimum Gasteiger partial charge on any atom is -0.381 e. The van der Waals surface area contributed by atoms with Crippen molar-refractivity contribution in [3.05, 3.63) is 47.4 Å². The summed E-state index contributed by atoms with van der Waals surface area (Å²) in [4.78, 5) is 8.74. The molecule has 1 unspecified atom stereocenters. The highest BCUT2D eigenvalue weighted by atomic mass is 16.5. The van der Waals surface area contributed by atoms with Gasteiger partial charge in [-0.15, -0.1) is 0 Å². The molecule has 3 aromatic rings. The summed E-state index contributed by atoms with van der Waals surface area (Å²) >= 11 is 0. The number of hydrogen-bond acceptors (Lipinski definition) is 7. The maximum Gasteiger partial charge on any atom is 0.263 e. The number of rotatable bonds is 5. The fourth-order valence-corrected chi connectivity index (χ4v) is 3.08. The first-order valence-electron chi connectivity index (χ1n) is 8.84. The lowest BCUT2D eigenvalue weighted by atomic mass is 9.94. The summed E-state index contributed by atoms with van der Waals surface area (Å²) in [6.07, 6.45) is 8.10. The van der Waals surface area contributed by atoms with Crippen LogP contribution in [0.1, 0.15) is 48.7 Å². The predicted octanol–water partition coefficient (Wildman–Crippen LogP) is 3.75. The molecule has 1 aliphatic rings. The van der Waals surface area contributed by atoms with E-state index in [-0.39, 0.29) is 5.92 Å². The van der Waals surface area contributed by atoms with Crippen LogP contribution in [-0.2, 0) is 11.2 Å². The summed E-state index contributed by atoms with van der Waals surface area (Å²) in [6.45, 7) is 3.46. The van der Waals surface area contributed by atoms with Crippen LogP contribution in [0.4, 0.5) is 0 Å². The van der Waals surface area contributed by atoms with Crippen LogP contribution in [0.3, 0.4) is 0 Å². The van der Waals surface area contributed by atoms with Crippen molar-refractivity contribution < 1.29 is 13.8 Å². The maximum absolute atomic E-state index is 5.60. The monoisotopic (exact) mass is 352 g/mol. The van der Waals surface area contributed by atoms with Crippen molar-refractivity contribution in [3.63, 3.8) is 0 Å². The SMILES string of the molecule is CCc1onc(C2CCCOC2)c1-c1nc(/C=C/c2ccccn2)no1. The molecule has 1 aliphatic heterocycles. The predicted molar refractivity (Wildman–Crippen MR) is 95.1 cm³/mol. The smallest absolute Gasteiger partial charge is 0.263 e. The van der Waals surface area contributed by atoms with E-state index in [4.69, 9.17) is 13.8 Å². The van der Waals surface area contributed by atoms with Gasteiger partial charge in [0.15, 0.2) is 5.82 Å². The Kier molecular flexibility index (Phi) is 4.88. The molecule has 26 heavy (non-hydrogen) atoms. The summed E-state index contributed by atoms with van der Waals surface area (Å²) in [5, 5.41) is 8.33. The molecule has 4 rings (SSSR count). The van der Waals surface area contributed by atoms with E-state index in [0.29, 0.717) is 24.7 Å². The van der Waals surface area contributed by atoms with Gasteiger partial charge in [-0.25, -0.2) is 0 Å². The molecule has 0 aromatic carbocycles. The summed E-state index contributed by atoms with van der Waals surface area (Å²) < 4.78 is 16.6. The normalized spacial score (nSPS) is 17.8. The minimum absolute atomic E-state index is 0.196. The van der Waals surface area contributed by atoms with E-state index in [0.717, 1.165) is 42.2 Å². The van der Waals surface area contributed by atoms with Gasteiger partial charge in [0.05, 0.1) is 12.3 Å². The highest BCUT2D eigenvalue weighted by Gasteiger charge is 2.29. The van der Waals surface area contributed by atoms with E-state index in [1.165, 1.54) is 0 Å². The van der Waals surface area contributed by atoms with E-state index >= 15 is 0 Å². The zero-order valence-corrected chi connectivity index (χ0v) is 14.6. The molecule has 0 bridgehead atoms. The summed E-state index contributed by atoms with van der Waals surface area (Å²) in [5.41, 5.74) is 2.50. The van der Waals surface area contributed by atoms with Crippen molar-refractivity contribution in [2.45, 2.75) is 32.1 Å². The van der Waals surface area contributed by atoms with Gasteiger partial charge in [-0.3, -0.25) is 4.98 Å². The Balaban J connectivity index is 1.62. The Morgan fingerprint density at radius 2 is 2.15 bits per heavy atom. The first-order valence-corrected chi connectivity index (χ1v) is 8.84. The van der Waals surface area contributed by atoms with Gasteiger partial charge in [-0.2, -0.15) is 4.98 Å². The molecule has 1 atom stereocenters. The van der Waals surface area contributed by atoms with Gasteiger partial charge in [0, 0.05) is 25.1 Å². The molecule has 4 heterocycles. The van der Waals surface area contributed by atoms with Crippen LogP contribution in [0.2, 0.25) is 0 Å². The van der Waals surface area contributed by atoms with Crippen molar-refractivity contribution in [2.24, 2.45) is 0 Å². The van der Waals surface area contributed by atoms with E-state index < -0.39 is 0 Å². The van der Waals surface area contributed by atoms with Crippen LogP contribution in [-0.4, -0.2) is 33.5 Å². The van der Waals surface area contributed by atoms with Crippen LogP contribution in [0, 0.1) is 0 Å². The number of nitrogens with zero attached hydrogens (tertiary/aromatic N) is 4. The van der Waals surface area contributed by atoms with Crippen molar-refractivity contribution in [1.82, 2.24) is 20.3 Å². The molecule has 1 saturated heterocycles. The summed E-state index contributed by atoms with van der Waals surface area (Å²) in [7, 11) is 0. The van der Waals surface area contributed by atoms with E-state index in [9.17, 15) is 0 Å². The van der Waals surface area contributed by atoms with Gasteiger partial charge in [0.25, 0.3) is 5.89 Å². The largest absolute Gasteiger partial charge is 0.381 e. The third-order valence-electron chi connectivity index (χ3n) is 4.40. The number of pyridine rings is 1. The van der Waals surface area contributed by atoms with Crippen LogP contribution in [0.5, 0.6) is 0 Å². The molecule has 0 radical (unpaired) electrons. The molecule has 7 heteroatoms. The standard InChI is InChI=1S/C19H20N4O3/c1-2-15-17(18(23-25-15)13-6-5-11-24-12-13)19-21-16(22-26-19)9-8-14-7-3-4-10-20-14/h3-4,7-10,13H,2,5-6,11-12H2,1H3/b9-8+. The fraction of sp³-hybridized carbons (Fsp3) is 0.368. The molecule has 134 valence electrons. The Labute approximate surface area is 151 Å². The lowest BCUT2D eigenvalue weighted by Gasteiger charge is -2.20. The van der Waals surface area contributed by atoms with Crippen LogP contribution in [0.25, 0.3) is 23.6 Å². The van der Waals surface area contributed by atoms with E-state index in [1.807, 2.05) is 31.2 Å². The van der Waals surface area contributed by atoms with Crippen molar-refractivity contribution in [2.75, 3.05) is 13.2 Å². The van der Waals surface area contributed by atoms with Crippen molar-refractivity contribution in [3.8, 4) is 11.5 Å². The Morgan fingerprint density at radius 3 is 2.92 bits per heavy atom. The molecule has 0 spiro atoms. The van der Waals surface area contributed by atoms with Crippen LogP contribution < -0.4 is 0 Å². The van der Waals surface area contributed by atoms with Gasteiger partial charge < -0.3 is 13.8 Å². The summed E-state index contributed by atoms with van der Waals surface area (Å²) in [6, 6.07) is 5.71.